The molecule has 0 saturated carbocycles. The van der Waals surface area contributed by atoms with E-state index in [1.54, 1.807) is 21.7 Å². The van der Waals surface area contributed by atoms with Crippen LogP contribution in [0.2, 0.25) is 0 Å². The van der Waals surface area contributed by atoms with Crippen molar-refractivity contribution >= 4 is 17.5 Å². The predicted octanol–water partition coefficient (Wildman–Crippen LogP) is 1.50. The number of para-hydroxylation sites is 1. The van der Waals surface area contributed by atoms with E-state index in [1.165, 1.54) is 12.1 Å². The predicted molar refractivity (Wildman–Crippen MR) is 118 cm³/mol. The van der Waals surface area contributed by atoms with Gasteiger partial charge in [0.25, 0.3) is 0 Å². The number of aromatic nitrogens is 4. The molecule has 10 heteroatoms. The van der Waals surface area contributed by atoms with Crippen molar-refractivity contribution in [3.63, 3.8) is 0 Å². The van der Waals surface area contributed by atoms with Crippen molar-refractivity contribution in [3.05, 3.63) is 66.2 Å². The summed E-state index contributed by atoms with van der Waals surface area (Å²) in [5.74, 6) is -0.0847. The second-order valence-electron chi connectivity index (χ2n) is 8.33. The Morgan fingerprint density at radius 2 is 1.70 bits per heavy atom. The monoisotopic (exact) mass is 449 g/mol. The van der Waals surface area contributed by atoms with E-state index in [-0.39, 0.29) is 30.0 Å². The Kier molecular flexibility index (Phi) is 5.82. The van der Waals surface area contributed by atoms with Crippen LogP contribution in [0.15, 0.2) is 54.6 Å². The summed E-state index contributed by atoms with van der Waals surface area (Å²) >= 11 is 0. The van der Waals surface area contributed by atoms with Crippen LogP contribution in [0.25, 0.3) is 5.69 Å². The number of carbonyl (C=O) groups is 2. The molecular weight excluding hydrogens is 425 g/mol. The Bertz CT molecular complexity index is 1130. The molecule has 2 fully saturated rings. The maximum absolute atomic E-state index is 13.2. The van der Waals surface area contributed by atoms with Crippen LogP contribution in [-0.4, -0.2) is 74.5 Å². The van der Waals surface area contributed by atoms with Crippen molar-refractivity contribution in [1.82, 2.24) is 30.0 Å². The van der Waals surface area contributed by atoms with Gasteiger partial charge in [0.2, 0.25) is 11.8 Å². The molecule has 1 atom stereocenters. The van der Waals surface area contributed by atoms with Crippen LogP contribution in [0, 0.1) is 11.7 Å². The largest absolute Gasteiger partial charge is 0.340 e. The minimum atomic E-state index is -0.375. The van der Waals surface area contributed by atoms with Crippen molar-refractivity contribution < 1.29 is 14.0 Å². The number of benzene rings is 2. The van der Waals surface area contributed by atoms with Gasteiger partial charge in [0.1, 0.15) is 5.82 Å². The molecule has 3 aromatic rings. The molecule has 2 amide bonds. The molecule has 2 saturated heterocycles. The van der Waals surface area contributed by atoms with E-state index in [0.717, 1.165) is 11.5 Å². The molecule has 170 valence electrons. The van der Waals surface area contributed by atoms with Gasteiger partial charge in [-0.2, -0.15) is 4.68 Å². The average Bonchev–Trinajstić information content (AvgIpc) is 3.47. The molecule has 0 N–H and O–H groups in total. The summed E-state index contributed by atoms with van der Waals surface area (Å²) in [6, 6.07) is 15.5. The number of rotatable bonds is 5. The highest BCUT2D eigenvalue weighted by molar-refractivity contribution is 6.00. The molecule has 33 heavy (non-hydrogen) atoms. The molecule has 0 aliphatic carbocycles. The highest BCUT2D eigenvalue weighted by atomic mass is 19.1. The Morgan fingerprint density at radius 1 is 0.970 bits per heavy atom. The van der Waals surface area contributed by atoms with Crippen LogP contribution in [0.3, 0.4) is 0 Å². The summed E-state index contributed by atoms with van der Waals surface area (Å²) in [4.78, 5) is 31.2. The van der Waals surface area contributed by atoms with Gasteiger partial charge >= 0.3 is 0 Å². The number of anilines is 1. The maximum atomic E-state index is 13.2. The van der Waals surface area contributed by atoms with E-state index in [4.69, 9.17) is 0 Å². The van der Waals surface area contributed by atoms with E-state index in [1.807, 2.05) is 35.2 Å². The lowest BCUT2D eigenvalue weighted by atomic mass is 10.1. The minimum absolute atomic E-state index is 0.00160. The topological polar surface area (TPSA) is 87.5 Å². The summed E-state index contributed by atoms with van der Waals surface area (Å²) in [7, 11) is 0. The lowest BCUT2D eigenvalue weighted by molar-refractivity contribution is -0.137. The zero-order chi connectivity index (χ0) is 22.8. The molecule has 0 unspecified atom stereocenters. The van der Waals surface area contributed by atoms with E-state index in [2.05, 4.69) is 20.4 Å². The van der Waals surface area contributed by atoms with Crippen molar-refractivity contribution in [2.24, 2.45) is 5.92 Å². The molecule has 0 radical (unpaired) electrons. The summed E-state index contributed by atoms with van der Waals surface area (Å²) in [5, 5.41) is 12.1. The number of hydrogen-bond donors (Lipinski definition) is 0. The Labute approximate surface area is 190 Å². The number of tetrazole rings is 1. The maximum Gasteiger partial charge on any atom is 0.228 e. The van der Waals surface area contributed by atoms with Gasteiger partial charge in [-0.15, -0.1) is 5.10 Å². The number of amides is 2. The molecular formula is C23H24FN7O2. The van der Waals surface area contributed by atoms with E-state index in [0.29, 0.717) is 45.0 Å². The Balaban J connectivity index is 1.17. The molecule has 5 rings (SSSR count). The first-order chi connectivity index (χ1) is 16.1. The molecule has 0 spiro atoms. The van der Waals surface area contributed by atoms with E-state index in [9.17, 15) is 14.0 Å². The second kappa shape index (κ2) is 9.07. The van der Waals surface area contributed by atoms with Gasteiger partial charge in [-0.1, -0.05) is 18.2 Å². The molecule has 3 heterocycles. The Hall–Kier alpha value is -3.66. The molecule has 2 aliphatic heterocycles. The van der Waals surface area contributed by atoms with Crippen LogP contribution in [0.1, 0.15) is 12.2 Å². The van der Waals surface area contributed by atoms with Gasteiger partial charge in [0, 0.05) is 44.8 Å². The average molecular weight is 449 g/mol. The number of nitrogens with zero attached hydrogens (tertiary/aromatic N) is 7. The fourth-order valence-electron chi connectivity index (χ4n) is 4.40. The zero-order valence-electron chi connectivity index (χ0n) is 18.0. The van der Waals surface area contributed by atoms with E-state index < -0.39 is 0 Å². The standard InChI is InChI=1S/C23H24FN7O2/c24-18-6-8-19(9-7-18)30-15-17(14-22(30)32)23(33)29-12-10-28(11-13-29)16-21-25-26-27-31(21)20-4-2-1-3-5-20/h1-9,17H,10-16H2/t17-/m0/s1. The highest BCUT2D eigenvalue weighted by Crippen LogP contribution is 2.27. The van der Waals surface area contributed by atoms with Gasteiger partial charge < -0.3 is 9.80 Å². The van der Waals surface area contributed by atoms with Crippen molar-refractivity contribution in [2.45, 2.75) is 13.0 Å². The van der Waals surface area contributed by atoms with Gasteiger partial charge in [0.15, 0.2) is 5.82 Å². The fourth-order valence-corrected chi connectivity index (χ4v) is 4.40. The summed E-state index contributed by atoms with van der Waals surface area (Å²) in [5.41, 5.74) is 1.53. The van der Waals surface area contributed by atoms with Crippen LogP contribution < -0.4 is 4.90 Å². The first-order valence-electron chi connectivity index (χ1n) is 11.0. The van der Waals surface area contributed by atoms with Crippen LogP contribution in [0.5, 0.6) is 0 Å². The normalized spacial score (nSPS) is 19.3. The smallest absolute Gasteiger partial charge is 0.228 e. The quantitative estimate of drug-likeness (QED) is 0.587. The van der Waals surface area contributed by atoms with Crippen LogP contribution in [0.4, 0.5) is 10.1 Å². The first-order valence-corrected chi connectivity index (χ1v) is 11.0. The zero-order valence-corrected chi connectivity index (χ0v) is 18.0. The third-order valence-electron chi connectivity index (χ3n) is 6.20. The summed E-state index contributed by atoms with van der Waals surface area (Å²) < 4.78 is 14.9. The SMILES string of the molecule is O=C([C@H]1CC(=O)N(c2ccc(F)cc2)C1)N1CCN(Cc2nnnn2-c2ccccc2)CC1. The van der Waals surface area contributed by atoms with Crippen LogP contribution in [-0.2, 0) is 16.1 Å². The van der Waals surface area contributed by atoms with Crippen molar-refractivity contribution in [2.75, 3.05) is 37.6 Å². The summed E-state index contributed by atoms with van der Waals surface area (Å²) in [6.45, 7) is 3.50. The molecule has 9 nitrogen and oxygen atoms in total. The van der Waals surface area contributed by atoms with Crippen LogP contribution >= 0.6 is 0 Å². The molecule has 0 bridgehead atoms. The minimum Gasteiger partial charge on any atom is -0.340 e. The number of hydrogen-bond acceptors (Lipinski definition) is 6. The number of halogens is 1. The highest BCUT2D eigenvalue weighted by Gasteiger charge is 2.38. The third-order valence-corrected chi connectivity index (χ3v) is 6.20. The number of carbonyl (C=O) groups excluding carboxylic acids is 2. The number of piperazine rings is 1. The molecule has 2 aliphatic rings. The van der Waals surface area contributed by atoms with Gasteiger partial charge in [-0.3, -0.25) is 14.5 Å². The van der Waals surface area contributed by atoms with E-state index >= 15 is 0 Å². The Morgan fingerprint density at radius 3 is 2.42 bits per heavy atom. The van der Waals surface area contributed by atoms with Gasteiger partial charge in [-0.05, 0) is 46.8 Å². The fraction of sp³-hybridized carbons (Fsp3) is 0.348. The lowest BCUT2D eigenvalue weighted by Gasteiger charge is -2.35. The van der Waals surface area contributed by atoms with Crippen molar-refractivity contribution in [3.8, 4) is 5.69 Å². The molecule has 1 aromatic heterocycles. The second-order valence-corrected chi connectivity index (χ2v) is 8.33. The van der Waals surface area contributed by atoms with Gasteiger partial charge in [-0.25, -0.2) is 4.39 Å². The van der Waals surface area contributed by atoms with Crippen molar-refractivity contribution in [1.29, 1.82) is 0 Å². The van der Waals surface area contributed by atoms with Gasteiger partial charge in [0.05, 0.1) is 18.2 Å². The third kappa shape index (κ3) is 4.47. The lowest BCUT2D eigenvalue weighted by Crippen LogP contribution is -2.50. The molecule has 2 aromatic carbocycles. The first kappa shape index (κ1) is 21.2. The summed E-state index contributed by atoms with van der Waals surface area (Å²) in [6.07, 6.45) is 0.183.